The molecule has 4 heteroatoms. The highest BCUT2D eigenvalue weighted by Gasteiger charge is 2.27. The van der Waals surface area contributed by atoms with Crippen LogP contribution in [0.15, 0.2) is 41.3 Å². The van der Waals surface area contributed by atoms with Crippen LogP contribution in [0.5, 0.6) is 5.75 Å². The summed E-state index contributed by atoms with van der Waals surface area (Å²) in [5.74, 6) is 7.53. The highest BCUT2D eigenvalue weighted by Crippen LogP contribution is 2.36. The molecule has 1 aromatic carbocycles. The lowest BCUT2D eigenvalue weighted by Crippen LogP contribution is -2.48. The van der Waals surface area contributed by atoms with Crippen LogP contribution in [0, 0.1) is 0 Å². The molecule has 0 aromatic heterocycles. The number of fused-ring (bicyclic) bond motifs is 1. The van der Waals surface area contributed by atoms with E-state index in [-0.39, 0.29) is 12.1 Å². The fourth-order valence-electron chi connectivity index (χ4n) is 1.99. The molecule has 1 aliphatic rings. The zero-order valence-electron chi connectivity index (χ0n) is 10.7. The van der Waals surface area contributed by atoms with Crippen LogP contribution in [-0.4, -0.2) is 17.9 Å². The van der Waals surface area contributed by atoms with Gasteiger partial charge >= 0.3 is 0 Å². The molecule has 0 saturated heterocycles. The van der Waals surface area contributed by atoms with Crippen LogP contribution in [0.25, 0.3) is 0 Å². The zero-order valence-corrected chi connectivity index (χ0v) is 11.5. The lowest BCUT2D eigenvalue weighted by molar-refractivity contribution is 0.165. The summed E-state index contributed by atoms with van der Waals surface area (Å²) >= 11 is 1.82. The highest BCUT2D eigenvalue weighted by molar-refractivity contribution is 7.99. The summed E-state index contributed by atoms with van der Waals surface area (Å²) in [5, 5.41) is 0. The Balaban J connectivity index is 2.04. The first kappa shape index (κ1) is 13.5. The maximum atomic E-state index is 6.03. The van der Waals surface area contributed by atoms with Crippen LogP contribution in [0.1, 0.15) is 19.8 Å². The Hall–Kier alpha value is -0.970. The molecule has 0 aliphatic carbocycles. The van der Waals surface area contributed by atoms with E-state index >= 15 is 0 Å². The van der Waals surface area contributed by atoms with Crippen LogP contribution >= 0.6 is 11.8 Å². The predicted octanol–water partition coefficient (Wildman–Crippen LogP) is 2.73. The Morgan fingerprint density at radius 1 is 1.61 bits per heavy atom. The second kappa shape index (κ2) is 6.27. The smallest absolute Gasteiger partial charge is 0.133 e. The standard InChI is InChI=1S/C14H20N2OS/c1-3-10(2)8-11(16-15)13-9-18-14-7-5-4-6-12(14)17-13/h4-7,11,13,16H,2-3,8-9,15H2,1H3. The number of ether oxygens (including phenoxy) is 1. The van der Waals surface area contributed by atoms with Crippen LogP contribution in [-0.2, 0) is 0 Å². The largest absolute Gasteiger partial charge is 0.487 e. The maximum Gasteiger partial charge on any atom is 0.133 e. The molecule has 0 amide bonds. The number of para-hydroxylation sites is 1. The van der Waals surface area contributed by atoms with Crippen molar-refractivity contribution in [2.75, 3.05) is 5.75 Å². The van der Waals surface area contributed by atoms with E-state index in [1.807, 2.05) is 30.0 Å². The van der Waals surface area contributed by atoms with Crippen molar-refractivity contribution < 1.29 is 4.74 Å². The molecule has 3 nitrogen and oxygen atoms in total. The summed E-state index contributed by atoms with van der Waals surface area (Å²) in [4.78, 5) is 1.21. The van der Waals surface area contributed by atoms with Crippen molar-refractivity contribution >= 4 is 11.8 Å². The molecule has 0 fully saturated rings. The van der Waals surface area contributed by atoms with E-state index < -0.39 is 0 Å². The van der Waals surface area contributed by atoms with Gasteiger partial charge in [0, 0.05) is 10.6 Å². The molecule has 0 bridgehead atoms. The van der Waals surface area contributed by atoms with Gasteiger partial charge in [-0.2, -0.15) is 0 Å². The number of hydrogen-bond acceptors (Lipinski definition) is 4. The van der Waals surface area contributed by atoms with Gasteiger partial charge in [-0.25, -0.2) is 0 Å². The molecule has 1 heterocycles. The fraction of sp³-hybridized carbons (Fsp3) is 0.429. The summed E-state index contributed by atoms with van der Waals surface area (Å²) in [6.45, 7) is 6.15. The van der Waals surface area contributed by atoms with Crippen molar-refractivity contribution in [3.8, 4) is 5.75 Å². The van der Waals surface area contributed by atoms with Gasteiger partial charge in [0.05, 0.1) is 6.04 Å². The molecule has 1 aromatic rings. The molecular formula is C14H20N2OS. The van der Waals surface area contributed by atoms with Gasteiger partial charge in [0.1, 0.15) is 11.9 Å². The molecule has 1 aliphatic heterocycles. The zero-order chi connectivity index (χ0) is 13.0. The van der Waals surface area contributed by atoms with Crippen LogP contribution in [0.2, 0.25) is 0 Å². The predicted molar refractivity (Wildman–Crippen MR) is 76.7 cm³/mol. The molecule has 2 unspecified atom stereocenters. The van der Waals surface area contributed by atoms with E-state index in [4.69, 9.17) is 10.6 Å². The van der Waals surface area contributed by atoms with Crippen molar-refractivity contribution in [2.24, 2.45) is 5.84 Å². The minimum Gasteiger partial charge on any atom is -0.487 e. The summed E-state index contributed by atoms with van der Waals surface area (Å²) in [7, 11) is 0. The SMILES string of the molecule is C=C(CC)CC(NN)C1CSc2ccccc2O1. The Bertz CT molecular complexity index is 422. The third kappa shape index (κ3) is 3.07. The van der Waals surface area contributed by atoms with Gasteiger partial charge in [0.25, 0.3) is 0 Å². The topological polar surface area (TPSA) is 47.3 Å². The van der Waals surface area contributed by atoms with E-state index in [1.54, 1.807) is 0 Å². The number of thioether (sulfide) groups is 1. The first-order valence-corrected chi connectivity index (χ1v) is 7.24. The highest BCUT2D eigenvalue weighted by atomic mass is 32.2. The number of benzene rings is 1. The van der Waals surface area contributed by atoms with Crippen molar-refractivity contribution in [3.05, 3.63) is 36.4 Å². The van der Waals surface area contributed by atoms with Gasteiger partial charge in [0.2, 0.25) is 0 Å². The average Bonchev–Trinajstić information content (AvgIpc) is 2.44. The summed E-state index contributed by atoms with van der Waals surface area (Å²) < 4.78 is 6.03. The van der Waals surface area contributed by atoms with E-state index in [0.29, 0.717) is 0 Å². The lowest BCUT2D eigenvalue weighted by Gasteiger charge is -2.31. The minimum absolute atomic E-state index is 0.0956. The quantitative estimate of drug-likeness (QED) is 0.488. The first-order valence-electron chi connectivity index (χ1n) is 6.25. The normalized spacial score (nSPS) is 19.8. The van der Waals surface area contributed by atoms with Crippen molar-refractivity contribution in [3.63, 3.8) is 0 Å². The number of rotatable bonds is 5. The molecule has 98 valence electrons. The second-order valence-corrected chi connectivity index (χ2v) is 5.56. The van der Waals surface area contributed by atoms with Crippen molar-refractivity contribution in [1.29, 1.82) is 0 Å². The summed E-state index contributed by atoms with van der Waals surface area (Å²) in [6.07, 6.45) is 1.94. The van der Waals surface area contributed by atoms with Gasteiger partial charge in [-0.1, -0.05) is 31.2 Å². The monoisotopic (exact) mass is 264 g/mol. The van der Waals surface area contributed by atoms with E-state index in [1.165, 1.54) is 10.5 Å². The molecule has 0 radical (unpaired) electrons. The molecular weight excluding hydrogens is 244 g/mol. The third-order valence-corrected chi connectivity index (χ3v) is 4.35. The molecule has 3 N–H and O–H groups in total. The molecule has 2 rings (SSSR count). The third-order valence-electron chi connectivity index (χ3n) is 3.20. The Labute approximate surface area is 113 Å². The number of hydrogen-bond donors (Lipinski definition) is 2. The van der Waals surface area contributed by atoms with Gasteiger partial charge in [-0.05, 0) is 25.0 Å². The van der Waals surface area contributed by atoms with Crippen LogP contribution < -0.4 is 16.0 Å². The van der Waals surface area contributed by atoms with Crippen LogP contribution in [0.4, 0.5) is 0 Å². The van der Waals surface area contributed by atoms with Gasteiger partial charge in [0.15, 0.2) is 0 Å². The number of hydrazine groups is 1. The Morgan fingerprint density at radius 2 is 2.39 bits per heavy atom. The second-order valence-electron chi connectivity index (χ2n) is 4.49. The van der Waals surface area contributed by atoms with Crippen LogP contribution in [0.3, 0.4) is 0 Å². The first-order chi connectivity index (χ1) is 8.74. The summed E-state index contributed by atoms with van der Waals surface area (Å²) in [5.41, 5.74) is 4.07. The number of nitrogens with one attached hydrogen (secondary N) is 1. The van der Waals surface area contributed by atoms with Gasteiger partial charge in [-0.15, -0.1) is 11.8 Å². The fourth-order valence-corrected chi connectivity index (χ4v) is 3.06. The van der Waals surface area contributed by atoms with E-state index in [0.717, 1.165) is 24.3 Å². The number of nitrogens with two attached hydrogens (primary N) is 1. The van der Waals surface area contributed by atoms with Gasteiger partial charge in [-0.3, -0.25) is 11.3 Å². The van der Waals surface area contributed by atoms with Crippen molar-refractivity contribution in [1.82, 2.24) is 5.43 Å². The minimum atomic E-state index is 0.0956. The lowest BCUT2D eigenvalue weighted by atomic mass is 10.0. The van der Waals surface area contributed by atoms with E-state index in [9.17, 15) is 0 Å². The molecule has 0 spiro atoms. The van der Waals surface area contributed by atoms with Crippen molar-refractivity contribution in [2.45, 2.75) is 36.8 Å². The Morgan fingerprint density at radius 3 is 3.11 bits per heavy atom. The summed E-state index contributed by atoms with van der Waals surface area (Å²) in [6, 6.07) is 8.26. The molecule has 0 saturated carbocycles. The Kier molecular flexibility index (Phi) is 4.69. The van der Waals surface area contributed by atoms with Gasteiger partial charge < -0.3 is 4.74 Å². The molecule has 18 heavy (non-hydrogen) atoms. The average molecular weight is 264 g/mol. The van der Waals surface area contributed by atoms with E-state index in [2.05, 4.69) is 25.0 Å². The maximum absolute atomic E-state index is 6.03. The molecule has 2 atom stereocenters.